The predicted molar refractivity (Wildman–Crippen MR) is 138 cm³/mol. The number of hydrogen-bond acceptors (Lipinski definition) is 2. The molecule has 168 valence electrons. The Balaban J connectivity index is 1.67. The Morgan fingerprint density at radius 3 is 2.59 bits per heavy atom. The van der Waals surface area contributed by atoms with Crippen molar-refractivity contribution in [1.82, 2.24) is 9.88 Å². The van der Waals surface area contributed by atoms with Crippen molar-refractivity contribution in [2.75, 3.05) is 5.32 Å². The second-order valence-electron chi connectivity index (χ2n) is 9.03. The van der Waals surface area contributed by atoms with Gasteiger partial charge in [-0.05, 0) is 80.0 Å². The third-order valence-corrected chi connectivity index (χ3v) is 6.96. The number of thiocarbonyl (C=S) groups is 1. The van der Waals surface area contributed by atoms with E-state index < -0.39 is 0 Å². The van der Waals surface area contributed by atoms with Crippen LogP contribution in [-0.2, 0) is 13.0 Å². The zero-order valence-electron chi connectivity index (χ0n) is 19.3. The number of nitrogens with zero attached hydrogens (tertiary/aromatic N) is 1. The van der Waals surface area contributed by atoms with Gasteiger partial charge in [-0.3, -0.25) is 4.79 Å². The highest BCUT2D eigenvalue weighted by molar-refractivity contribution is 7.80. The van der Waals surface area contributed by atoms with Crippen molar-refractivity contribution in [3.05, 3.63) is 75.1 Å². The van der Waals surface area contributed by atoms with E-state index in [0.29, 0.717) is 17.7 Å². The molecular weight excluding hydrogens is 414 g/mol. The molecule has 2 aromatic carbocycles. The van der Waals surface area contributed by atoms with Crippen LogP contribution in [0.1, 0.15) is 61.3 Å². The fraction of sp³-hybridized carbons (Fsp3) is 0.407. The van der Waals surface area contributed by atoms with Crippen LogP contribution >= 0.6 is 12.2 Å². The minimum atomic E-state index is -0.0259. The third-order valence-electron chi connectivity index (χ3n) is 6.63. The molecule has 0 saturated heterocycles. The molecule has 4 nitrogen and oxygen atoms in total. The first-order valence-corrected chi connectivity index (χ1v) is 12.2. The number of pyridine rings is 1. The Labute approximate surface area is 196 Å². The average Bonchev–Trinajstić information content (AvgIpc) is 2.79. The Bertz CT molecular complexity index is 1180. The predicted octanol–water partition coefficient (Wildman–Crippen LogP) is 6.24. The van der Waals surface area contributed by atoms with E-state index in [1.54, 1.807) is 0 Å². The Hall–Kier alpha value is -2.66. The standard InChI is InChI=1S/C27H33N3OS/c1-4-20-10-8-9-13-24(20)28-27(32)30(23-11-6-5-7-12-23)17-22-16-21-15-18(2)14-19(3)25(21)29-26(22)31/h8-10,13-16,23H,4-7,11-12,17H2,1-3H3,(H,28,32)(H,29,31). The summed E-state index contributed by atoms with van der Waals surface area (Å²) >= 11 is 5.93. The van der Waals surface area contributed by atoms with Crippen LogP contribution in [0.5, 0.6) is 0 Å². The van der Waals surface area contributed by atoms with Crippen LogP contribution in [0.2, 0.25) is 0 Å². The molecule has 2 N–H and O–H groups in total. The van der Waals surface area contributed by atoms with Gasteiger partial charge in [0.2, 0.25) is 0 Å². The molecule has 0 aliphatic heterocycles. The van der Waals surface area contributed by atoms with Crippen LogP contribution < -0.4 is 10.9 Å². The highest BCUT2D eigenvalue weighted by atomic mass is 32.1. The van der Waals surface area contributed by atoms with Gasteiger partial charge in [-0.15, -0.1) is 0 Å². The van der Waals surface area contributed by atoms with Crippen molar-refractivity contribution in [3.8, 4) is 0 Å². The van der Waals surface area contributed by atoms with Gasteiger partial charge in [-0.25, -0.2) is 0 Å². The molecule has 0 unspecified atom stereocenters. The number of hydrogen-bond donors (Lipinski definition) is 2. The lowest BCUT2D eigenvalue weighted by Gasteiger charge is -2.36. The number of H-pyrrole nitrogens is 1. The van der Waals surface area contributed by atoms with Crippen LogP contribution in [0.25, 0.3) is 10.9 Å². The van der Waals surface area contributed by atoms with Crippen LogP contribution in [-0.4, -0.2) is 21.0 Å². The number of anilines is 1. The van der Waals surface area contributed by atoms with E-state index in [-0.39, 0.29) is 5.56 Å². The minimum absolute atomic E-state index is 0.0259. The Morgan fingerprint density at radius 1 is 1.09 bits per heavy atom. The summed E-state index contributed by atoms with van der Waals surface area (Å²) in [5.41, 5.74) is 6.26. The first-order chi connectivity index (χ1) is 15.5. The molecule has 0 radical (unpaired) electrons. The van der Waals surface area contributed by atoms with Crippen LogP contribution in [0, 0.1) is 13.8 Å². The van der Waals surface area contributed by atoms with Crippen LogP contribution in [0.3, 0.4) is 0 Å². The molecule has 0 spiro atoms. The normalized spacial score (nSPS) is 14.5. The van der Waals surface area contributed by atoms with Crippen LogP contribution in [0.15, 0.2) is 47.3 Å². The van der Waals surface area contributed by atoms with E-state index in [0.717, 1.165) is 47.0 Å². The van der Waals surface area contributed by atoms with E-state index in [1.807, 2.05) is 19.1 Å². The summed E-state index contributed by atoms with van der Waals surface area (Å²) in [5.74, 6) is 0. The van der Waals surface area contributed by atoms with Gasteiger partial charge in [0, 0.05) is 17.3 Å². The fourth-order valence-corrected chi connectivity index (χ4v) is 5.25. The Kier molecular flexibility index (Phi) is 6.95. The molecule has 3 aromatic rings. The number of aromatic amines is 1. The molecule has 1 aliphatic rings. The molecule has 32 heavy (non-hydrogen) atoms. The number of aryl methyl sites for hydroxylation is 3. The number of aromatic nitrogens is 1. The van der Waals surface area contributed by atoms with Crippen molar-refractivity contribution in [3.63, 3.8) is 0 Å². The van der Waals surface area contributed by atoms with Gasteiger partial charge < -0.3 is 15.2 Å². The van der Waals surface area contributed by atoms with E-state index in [1.165, 1.54) is 30.4 Å². The van der Waals surface area contributed by atoms with Gasteiger partial charge in [-0.1, -0.05) is 56.0 Å². The maximum absolute atomic E-state index is 13.0. The summed E-state index contributed by atoms with van der Waals surface area (Å²) in [5, 5.41) is 5.28. The third kappa shape index (κ3) is 4.88. The average molecular weight is 448 g/mol. The largest absolute Gasteiger partial charge is 0.342 e. The van der Waals surface area contributed by atoms with Crippen molar-refractivity contribution < 1.29 is 0 Å². The summed E-state index contributed by atoms with van der Waals surface area (Å²) in [7, 11) is 0. The van der Waals surface area contributed by atoms with Crippen molar-refractivity contribution >= 4 is 33.9 Å². The van der Waals surface area contributed by atoms with Crippen molar-refractivity contribution in [1.29, 1.82) is 0 Å². The van der Waals surface area contributed by atoms with Crippen LogP contribution in [0.4, 0.5) is 5.69 Å². The monoisotopic (exact) mass is 447 g/mol. The van der Waals surface area contributed by atoms with Crippen molar-refractivity contribution in [2.45, 2.75) is 71.9 Å². The highest BCUT2D eigenvalue weighted by Gasteiger charge is 2.25. The molecule has 5 heteroatoms. The number of rotatable bonds is 5. The zero-order chi connectivity index (χ0) is 22.7. The molecule has 0 bridgehead atoms. The number of para-hydroxylation sites is 1. The lowest BCUT2D eigenvalue weighted by molar-refractivity contribution is 0.240. The fourth-order valence-electron chi connectivity index (χ4n) is 4.93. The summed E-state index contributed by atoms with van der Waals surface area (Å²) in [6.07, 6.45) is 6.86. The van der Waals surface area contributed by atoms with Gasteiger partial charge in [0.05, 0.1) is 12.1 Å². The van der Waals surface area contributed by atoms with Crippen molar-refractivity contribution in [2.24, 2.45) is 0 Å². The first-order valence-electron chi connectivity index (χ1n) is 11.7. The first kappa shape index (κ1) is 22.5. The lowest BCUT2D eigenvalue weighted by Crippen LogP contribution is -2.44. The number of benzene rings is 2. The Morgan fingerprint density at radius 2 is 1.84 bits per heavy atom. The minimum Gasteiger partial charge on any atom is -0.342 e. The van der Waals surface area contributed by atoms with E-state index in [2.05, 4.69) is 59.4 Å². The maximum atomic E-state index is 13.0. The number of nitrogens with one attached hydrogen (secondary N) is 2. The van der Waals surface area contributed by atoms with E-state index in [9.17, 15) is 4.79 Å². The highest BCUT2D eigenvalue weighted by Crippen LogP contribution is 2.26. The topological polar surface area (TPSA) is 48.1 Å². The van der Waals surface area contributed by atoms with Gasteiger partial charge in [0.15, 0.2) is 5.11 Å². The molecule has 0 atom stereocenters. The van der Waals surface area contributed by atoms with E-state index in [4.69, 9.17) is 12.2 Å². The zero-order valence-corrected chi connectivity index (χ0v) is 20.1. The quantitative estimate of drug-likeness (QED) is 0.455. The molecule has 1 aliphatic carbocycles. The second kappa shape index (κ2) is 9.86. The SMILES string of the molecule is CCc1ccccc1NC(=S)N(Cc1cc2cc(C)cc(C)c2[nH]c1=O)C1CCCCC1. The summed E-state index contributed by atoms with van der Waals surface area (Å²) in [6.45, 7) is 6.81. The molecule has 1 heterocycles. The van der Waals surface area contributed by atoms with Gasteiger partial charge in [0.1, 0.15) is 0 Å². The smallest absolute Gasteiger partial charge is 0.253 e. The summed E-state index contributed by atoms with van der Waals surface area (Å²) < 4.78 is 0. The molecule has 4 rings (SSSR count). The van der Waals surface area contributed by atoms with Gasteiger partial charge in [0.25, 0.3) is 5.56 Å². The molecule has 1 saturated carbocycles. The molecule has 1 fully saturated rings. The summed E-state index contributed by atoms with van der Waals surface area (Å²) in [6, 6.07) is 15.0. The summed E-state index contributed by atoms with van der Waals surface area (Å²) in [4.78, 5) is 18.4. The second-order valence-corrected chi connectivity index (χ2v) is 9.42. The number of fused-ring (bicyclic) bond motifs is 1. The molecular formula is C27H33N3OS. The van der Waals surface area contributed by atoms with E-state index >= 15 is 0 Å². The van der Waals surface area contributed by atoms with Gasteiger partial charge >= 0.3 is 0 Å². The maximum Gasteiger partial charge on any atom is 0.253 e. The molecule has 1 aromatic heterocycles. The lowest BCUT2D eigenvalue weighted by atomic mass is 9.94. The molecule has 0 amide bonds. The van der Waals surface area contributed by atoms with Gasteiger partial charge in [-0.2, -0.15) is 0 Å².